The van der Waals surface area contributed by atoms with Gasteiger partial charge in [-0.2, -0.15) is 0 Å². The van der Waals surface area contributed by atoms with Crippen LogP contribution in [0.2, 0.25) is 0 Å². The van der Waals surface area contributed by atoms with Crippen LogP contribution in [0.3, 0.4) is 0 Å². The van der Waals surface area contributed by atoms with E-state index in [1.807, 2.05) is 31.3 Å². The molecular formula is C28H31N5O4. The molecule has 6 rings (SSSR count). The number of ether oxygens (including phenoxy) is 2. The number of methoxy groups -OCH3 is 1. The summed E-state index contributed by atoms with van der Waals surface area (Å²) in [5.74, 6) is 1.87. The number of carbonyl (C=O) groups is 1. The average Bonchev–Trinajstić information content (AvgIpc) is 3.59. The van der Waals surface area contributed by atoms with Crippen LogP contribution in [0.25, 0.3) is 33.3 Å². The van der Waals surface area contributed by atoms with Gasteiger partial charge in [0.25, 0.3) is 0 Å². The summed E-state index contributed by atoms with van der Waals surface area (Å²) in [6, 6.07) is 7.63. The number of rotatable bonds is 8. The lowest BCUT2D eigenvalue weighted by Gasteiger charge is -2.45. The van der Waals surface area contributed by atoms with E-state index >= 15 is 0 Å². The second-order valence-corrected chi connectivity index (χ2v) is 10.6. The molecule has 2 saturated carbocycles. The van der Waals surface area contributed by atoms with E-state index in [2.05, 4.69) is 29.1 Å². The number of benzene rings is 1. The zero-order valence-corrected chi connectivity index (χ0v) is 21.5. The van der Waals surface area contributed by atoms with E-state index in [0.717, 1.165) is 34.9 Å². The molecule has 2 aliphatic carbocycles. The number of aromatic nitrogens is 3. The molecule has 0 radical (unpaired) electrons. The van der Waals surface area contributed by atoms with Crippen LogP contribution in [0, 0.1) is 5.92 Å². The van der Waals surface area contributed by atoms with Crippen LogP contribution >= 0.6 is 0 Å². The van der Waals surface area contributed by atoms with Crippen molar-refractivity contribution in [3.8, 4) is 17.2 Å². The predicted molar refractivity (Wildman–Crippen MR) is 140 cm³/mol. The smallest absolute Gasteiger partial charge is 0.229 e. The van der Waals surface area contributed by atoms with Gasteiger partial charge in [0, 0.05) is 49.3 Å². The maximum absolute atomic E-state index is 12.1. The second kappa shape index (κ2) is 8.41. The van der Waals surface area contributed by atoms with Gasteiger partial charge < -0.3 is 24.9 Å². The SMILES string of the molecule is CNc1ncc(-c2nc3cc(OC4CCC4C(C)(C)OC)ccc3o2)c2cc(C3(C(N)=O)CC3)ncc12. The quantitative estimate of drug-likeness (QED) is 0.359. The number of carbonyl (C=O) groups excluding carboxylic acids is 1. The minimum atomic E-state index is -0.696. The summed E-state index contributed by atoms with van der Waals surface area (Å²) in [4.78, 5) is 26.1. The number of fused-ring (bicyclic) bond motifs is 2. The molecule has 1 aromatic carbocycles. The van der Waals surface area contributed by atoms with Gasteiger partial charge in [-0.3, -0.25) is 9.78 Å². The number of nitrogens with one attached hydrogen (secondary N) is 1. The molecule has 9 nitrogen and oxygen atoms in total. The summed E-state index contributed by atoms with van der Waals surface area (Å²) in [6.07, 6.45) is 7.06. The van der Waals surface area contributed by atoms with Gasteiger partial charge >= 0.3 is 0 Å². The van der Waals surface area contributed by atoms with E-state index in [1.165, 1.54) is 0 Å². The molecule has 3 N–H and O–H groups in total. The second-order valence-electron chi connectivity index (χ2n) is 10.6. The van der Waals surface area contributed by atoms with Gasteiger partial charge in [0.15, 0.2) is 5.58 Å². The normalized spacial score (nSPS) is 20.5. The molecule has 0 aliphatic heterocycles. The third-order valence-corrected chi connectivity index (χ3v) is 8.23. The Morgan fingerprint density at radius 3 is 2.62 bits per heavy atom. The van der Waals surface area contributed by atoms with Gasteiger partial charge in [0.05, 0.1) is 22.3 Å². The van der Waals surface area contributed by atoms with Crippen LogP contribution < -0.4 is 15.8 Å². The summed E-state index contributed by atoms with van der Waals surface area (Å²) >= 11 is 0. The predicted octanol–water partition coefficient (Wildman–Crippen LogP) is 4.58. The number of hydrogen-bond acceptors (Lipinski definition) is 8. The number of oxazole rings is 1. The highest BCUT2D eigenvalue weighted by Gasteiger charge is 2.51. The van der Waals surface area contributed by atoms with Gasteiger partial charge in [0.2, 0.25) is 11.8 Å². The van der Waals surface area contributed by atoms with Gasteiger partial charge in [-0.05, 0) is 57.7 Å². The van der Waals surface area contributed by atoms with Gasteiger partial charge in [-0.1, -0.05) is 0 Å². The summed E-state index contributed by atoms with van der Waals surface area (Å²) in [6.45, 7) is 4.21. The largest absolute Gasteiger partial charge is 0.490 e. The Bertz CT molecular complexity index is 1520. The summed E-state index contributed by atoms with van der Waals surface area (Å²) in [7, 11) is 3.56. The van der Waals surface area contributed by atoms with Crippen molar-refractivity contribution in [1.82, 2.24) is 15.0 Å². The molecule has 0 saturated heterocycles. The zero-order valence-electron chi connectivity index (χ0n) is 21.5. The first-order valence-electron chi connectivity index (χ1n) is 12.7. The highest BCUT2D eigenvalue weighted by molar-refractivity contribution is 6.01. The third-order valence-electron chi connectivity index (χ3n) is 8.23. The van der Waals surface area contributed by atoms with Gasteiger partial charge in [-0.25, -0.2) is 9.97 Å². The lowest BCUT2D eigenvalue weighted by atomic mass is 9.72. The van der Waals surface area contributed by atoms with Crippen LogP contribution in [0.4, 0.5) is 5.82 Å². The number of amides is 1. The fraction of sp³-hybridized carbons (Fsp3) is 0.429. The monoisotopic (exact) mass is 501 g/mol. The van der Waals surface area contributed by atoms with E-state index in [1.54, 1.807) is 19.5 Å². The van der Waals surface area contributed by atoms with Crippen molar-refractivity contribution >= 4 is 33.6 Å². The first-order valence-corrected chi connectivity index (χ1v) is 12.7. The molecule has 37 heavy (non-hydrogen) atoms. The van der Waals surface area contributed by atoms with Gasteiger partial charge in [0.1, 0.15) is 23.2 Å². The maximum atomic E-state index is 12.1. The molecule has 9 heteroatoms. The average molecular weight is 502 g/mol. The summed E-state index contributed by atoms with van der Waals surface area (Å²) < 4.78 is 18.2. The van der Waals surface area contributed by atoms with Crippen molar-refractivity contribution < 1.29 is 18.7 Å². The lowest BCUT2D eigenvalue weighted by molar-refractivity contribution is -0.120. The Balaban J connectivity index is 1.37. The number of hydrogen-bond donors (Lipinski definition) is 2. The Labute approximate surface area is 214 Å². The van der Waals surface area contributed by atoms with Crippen molar-refractivity contribution in [2.24, 2.45) is 11.7 Å². The lowest BCUT2D eigenvalue weighted by Crippen LogP contribution is -2.50. The fourth-order valence-corrected chi connectivity index (χ4v) is 5.35. The molecule has 2 fully saturated rings. The molecule has 0 bridgehead atoms. The Hall–Kier alpha value is -3.72. The highest BCUT2D eigenvalue weighted by atomic mass is 16.5. The topological polar surface area (TPSA) is 125 Å². The maximum Gasteiger partial charge on any atom is 0.229 e. The number of anilines is 1. The van der Waals surface area contributed by atoms with E-state index in [-0.39, 0.29) is 17.6 Å². The van der Waals surface area contributed by atoms with E-state index in [0.29, 0.717) is 47.3 Å². The number of nitrogens with two attached hydrogens (primary N) is 1. The molecule has 3 heterocycles. The van der Waals surface area contributed by atoms with Crippen LogP contribution in [0.1, 0.15) is 45.2 Å². The summed E-state index contributed by atoms with van der Waals surface area (Å²) in [5, 5.41) is 4.77. The molecule has 2 atom stereocenters. The molecule has 3 aromatic heterocycles. The Morgan fingerprint density at radius 2 is 1.97 bits per heavy atom. The molecule has 2 aliphatic rings. The minimum absolute atomic E-state index is 0.104. The van der Waals surface area contributed by atoms with Crippen LogP contribution in [-0.4, -0.2) is 46.7 Å². The Kier molecular flexibility index (Phi) is 5.38. The standard InChI is InChI=1S/C28H31N5O4/c1-27(2,35-4)19-6-8-21(19)36-15-5-7-22-20(11-15)33-25(37-22)18-14-32-24(30-3)17-13-31-23(12-16(17)18)28(9-10-28)26(29)34/h5,7,11-14,19,21H,6,8-10H2,1-4H3,(H2,29,34)(H,30,32). The van der Waals surface area contributed by atoms with E-state index in [9.17, 15) is 4.79 Å². The fourth-order valence-electron chi connectivity index (χ4n) is 5.35. The van der Waals surface area contributed by atoms with Crippen LogP contribution in [0.15, 0.2) is 41.1 Å². The van der Waals surface area contributed by atoms with E-state index < -0.39 is 5.41 Å². The van der Waals surface area contributed by atoms with Crippen molar-refractivity contribution in [1.29, 1.82) is 0 Å². The van der Waals surface area contributed by atoms with Crippen LogP contribution in [-0.2, 0) is 14.9 Å². The zero-order chi connectivity index (χ0) is 25.9. The highest BCUT2D eigenvalue weighted by Crippen LogP contribution is 2.48. The number of pyridine rings is 2. The first-order chi connectivity index (χ1) is 17.8. The molecule has 2 unspecified atom stereocenters. The third kappa shape index (κ3) is 3.80. The number of nitrogens with zero attached hydrogens (tertiary/aromatic N) is 3. The van der Waals surface area contributed by atoms with Crippen LogP contribution in [0.5, 0.6) is 5.75 Å². The van der Waals surface area contributed by atoms with Crippen molar-refractivity contribution in [2.45, 2.75) is 56.7 Å². The van der Waals surface area contributed by atoms with E-state index in [4.69, 9.17) is 24.6 Å². The van der Waals surface area contributed by atoms with Crippen molar-refractivity contribution in [3.05, 3.63) is 42.4 Å². The summed E-state index contributed by atoms with van der Waals surface area (Å²) in [5.41, 5.74) is 7.53. The molecule has 4 aromatic rings. The first kappa shape index (κ1) is 23.7. The van der Waals surface area contributed by atoms with Crippen molar-refractivity contribution in [2.75, 3.05) is 19.5 Å². The minimum Gasteiger partial charge on any atom is -0.490 e. The van der Waals surface area contributed by atoms with Gasteiger partial charge in [-0.15, -0.1) is 0 Å². The Morgan fingerprint density at radius 1 is 1.16 bits per heavy atom. The molecule has 0 spiro atoms. The number of primary amides is 1. The molecule has 192 valence electrons. The molecule has 1 amide bonds. The molecular weight excluding hydrogens is 470 g/mol. The van der Waals surface area contributed by atoms with Crippen molar-refractivity contribution in [3.63, 3.8) is 0 Å².